The first-order valence-electron chi connectivity index (χ1n) is 3.17. The van der Waals surface area contributed by atoms with Gasteiger partial charge in [-0.25, -0.2) is 0 Å². The van der Waals surface area contributed by atoms with Gasteiger partial charge in [0.15, 0.2) is 0 Å². The molecule has 0 N–H and O–H groups in total. The highest BCUT2D eigenvalue weighted by Gasteiger charge is 2.29. The first kappa shape index (κ1) is 13.7. The molecule has 0 amide bonds. The summed E-state index contributed by atoms with van der Waals surface area (Å²) in [5.74, 6) is 0. The highest BCUT2D eigenvalue weighted by Crippen LogP contribution is 2.28. The van der Waals surface area contributed by atoms with Crippen LogP contribution in [0.15, 0.2) is 24.3 Å². The Hall–Kier alpha value is 0.736. The van der Waals surface area contributed by atoms with Gasteiger partial charge in [-0.15, -0.1) is 0 Å². The molecule has 6 heteroatoms. The average Bonchev–Trinajstić information content (AvgIpc) is 2.06. The van der Waals surface area contributed by atoms with Crippen LogP contribution in [-0.2, 0) is 6.18 Å². The zero-order valence-electron chi connectivity index (χ0n) is 6.41. The van der Waals surface area contributed by atoms with Gasteiger partial charge in [0.05, 0.1) is 5.56 Å². The van der Waals surface area contributed by atoms with Gasteiger partial charge in [0, 0.05) is 0 Å². The Balaban J connectivity index is 0.000000424. The van der Waals surface area contributed by atoms with Crippen molar-refractivity contribution in [3.63, 3.8) is 0 Å². The monoisotopic (exact) mass is 327 g/mol. The minimum Gasteiger partial charge on any atom is -0.280 e. The van der Waals surface area contributed by atoms with E-state index in [-0.39, 0.29) is 16.0 Å². The van der Waals surface area contributed by atoms with E-state index in [1.54, 1.807) is 0 Å². The zero-order valence-corrected chi connectivity index (χ0v) is 11.0. The fourth-order valence-electron chi connectivity index (χ4n) is 0.576. The van der Waals surface area contributed by atoms with Gasteiger partial charge in [-0.05, 0) is 18.2 Å². The van der Waals surface area contributed by atoms with Crippen LogP contribution in [0.5, 0.6) is 0 Å². The van der Waals surface area contributed by atoms with Crippen molar-refractivity contribution in [1.29, 1.82) is 0 Å². The Bertz CT molecular complexity index is 225. The number of rotatable bonds is 0. The van der Waals surface area contributed by atoms with Crippen molar-refractivity contribution in [2.45, 2.75) is 6.18 Å². The second-order valence-corrected chi connectivity index (χ2v) is 9.97. The molecule has 0 aliphatic carbocycles. The molecule has 69 valence electrons. The van der Waals surface area contributed by atoms with Gasteiger partial charge in [-0.2, -0.15) is 13.2 Å². The van der Waals surface area contributed by atoms with Crippen LogP contribution in [0.1, 0.15) is 5.56 Å². The molecule has 0 aromatic heterocycles. The summed E-state index contributed by atoms with van der Waals surface area (Å²) >= 11 is 6.44. The minimum absolute atomic E-state index is 0.0417. The Kier molecular flexibility index (Phi) is 7.49. The van der Waals surface area contributed by atoms with Crippen LogP contribution in [0.3, 0.4) is 0 Å². The smallest absolute Gasteiger partial charge is 0.280 e. The van der Waals surface area contributed by atoms with E-state index in [0.29, 0.717) is 0 Å². The predicted molar refractivity (Wildman–Crippen MR) is 53.9 cm³/mol. The molecule has 1 aromatic rings. The highest BCUT2D eigenvalue weighted by molar-refractivity contribution is 9.47. The molecule has 0 bridgehead atoms. The molecule has 1 rings (SSSR count). The maximum atomic E-state index is 11.8. The second-order valence-electron chi connectivity index (χ2n) is 1.89. The van der Waals surface area contributed by atoms with E-state index in [4.69, 9.17) is 0 Å². The summed E-state index contributed by atoms with van der Waals surface area (Å²) in [6, 6.07) is 6.95. The van der Waals surface area contributed by atoms with Crippen LogP contribution in [0.25, 0.3) is 0 Å². The van der Waals surface area contributed by atoms with Crippen LogP contribution < -0.4 is 0 Å². The summed E-state index contributed by atoms with van der Waals surface area (Å²) in [5, 5.41) is 0. The molecule has 0 aliphatic rings. The third-order valence-corrected chi connectivity index (χ3v) is 1.05. The van der Waals surface area contributed by atoms with Gasteiger partial charge < -0.3 is 0 Å². The number of halogens is 5. The quantitative estimate of drug-likeness (QED) is 0.635. The van der Waals surface area contributed by atoms with Gasteiger partial charge in [0.2, 0.25) is 0 Å². The molecule has 0 unspecified atom stereocenters. The van der Waals surface area contributed by atoms with Crippen molar-refractivity contribution in [3.05, 3.63) is 35.9 Å². The maximum absolute atomic E-state index is 11.8. The second kappa shape index (κ2) is 7.08. The third kappa shape index (κ3) is 6.76. The van der Waals surface area contributed by atoms with Gasteiger partial charge in [-0.1, -0.05) is 12.1 Å². The van der Waals surface area contributed by atoms with E-state index in [2.05, 4.69) is 31.8 Å². The van der Waals surface area contributed by atoms with Crippen molar-refractivity contribution < 1.29 is 13.2 Å². The van der Waals surface area contributed by atoms with Crippen molar-refractivity contribution in [3.8, 4) is 0 Å². The first-order chi connectivity index (χ1) is 6.02. The molecule has 1 radical (unpaired) electrons. The zero-order chi connectivity index (χ0) is 10.3. The molecule has 0 aliphatic heterocycles. The SMILES string of the molecule is FC(F)(F)c1cc[c]cc1.[Br][Mg][Br]. The minimum atomic E-state index is -4.23. The Morgan fingerprint density at radius 1 is 1.15 bits per heavy atom. The van der Waals surface area contributed by atoms with E-state index in [9.17, 15) is 13.2 Å². The standard InChI is InChI=1S/C7H4F3.2BrH.Mg/c8-7(9,10)6-4-2-1-3-5-6;;;/h2-5H;2*1H;/q;;;+2/p-2. The van der Waals surface area contributed by atoms with Gasteiger partial charge in [0.25, 0.3) is 0 Å². The van der Waals surface area contributed by atoms with E-state index < -0.39 is 11.7 Å². The summed E-state index contributed by atoms with van der Waals surface area (Å²) in [6.07, 6.45) is -4.23. The lowest BCUT2D eigenvalue weighted by atomic mass is 10.2. The molecule has 0 saturated carbocycles. The molecule has 13 heavy (non-hydrogen) atoms. The van der Waals surface area contributed by atoms with Crippen molar-refractivity contribution in [1.82, 2.24) is 0 Å². The summed E-state index contributed by atoms with van der Waals surface area (Å²) in [6.45, 7) is 0. The fourth-order valence-corrected chi connectivity index (χ4v) is 0.576. The van der Waals surface area contributed by atoms with Crippen molar-refractivity contribution in [2.75, 3.05) is 0 Å². The summed E-state index contributed by atoms with van der Waals surface area (Å²) < 4.78 is 35.3. The Labute approximate surface area is 96.4 Å². The molecule has 1 aromatic carbocycles. The average molecular weight is 329 g/mol. The van der Waals surface area contributed by atoms with Gasteiger partial charge in [-0.3, -0.25) is 25.8 Å². The van der Waals surface area contributed by atoms with Crippen molar-refractivity contribution >= 4 is 41.8 Å². The molecule has 0 spiro atoms. The molecule has 0 atom stereocenters. The summed E-state index contributed by atoms with van der Waals surface area (Å²) in [4.78, 5) is 0. The van der Waals surface area contributed by atoms with Crippen LogP contribution >= 0.6 is 25.8 Å². The molecular formula is C7H4Br2F3Mg. The van der Waals surface area contributed by atoms with Gasteiger partial charge in [0.1, 0.15) is 0 Å². The Morgan fingerprint density at radius 2 is 1.54 bits per heavy atom. The van der Waals surface area contributed by atoms with Crippen molar-refractivity contribution in [2.24, 2.45) is 0 Å². The van der Waals surface area contributed by atoms with E-state index in [0.717, 1.165) is 12.1 Å². The van der Waals surface area contributed by atoms with E-state index >= 15 is 0 Å². The number of hydrogen-bond acceptors (Lipinski definition) is 0. The lowest BCUT2D eigenvalue weighted by Crippen LogP contribution is -2.03. The van der Waals surface area contributed by atoms with Crippen LogP contribution in [-0.4, -0.2) is 16.0 Å². The van der Waals surface area contributed by atoms with Crippen LogP contribution in [0.2, 0.25) is 0 Å². The number of hydrogen-bond donors (Lipinski definition) is 0. The number of benzene rings is 1. The normalized spacial score (nSPS) is 9.62. The highest BCUT2D eigenvalue weighted by atomic mass is 79.9. The molecule has 0 fully saturated rings. The lowest BCUT2D eigenvalue weighted by molar-refractivity contribution is -0.137. The molecule has 0 heterocycles. The van der Waals surface area contributed by atoms with E-state index in [1.807, 2.05) is 0 Å². The summed E-state index contributed by atoms with van der Waals surface area (Å²) in [7, 11) is 0. The lowest BCUT2D eigenvalue weighted by Gasteiger charge is -2.03. The first-order valence-corrected chi connectivity index (χ1v) is 11.0. The Morgan fingerprint density at radius 3 is 1.77 bits per heavy atom. The fraction of sp³-hybridized carbons (Fsp3) is 0.143. The van der Waals surface area contributed by atoms with Crippen LogP contribution in [0.4, 0.5) is 13.2 Å². The summed E-state index contributed by atoms with van der Waals surface area (Å²) in [5.41, 5.74) is -0.633. The molecule has 0 saturated heterocycles. The third-order valence-electron chi connectivity index (χ3n) is 1.05. The largest absolute Gasteiger partial charge is 0.560 e. The van der Waals surface area contributed by atoms with Crippen LogP contribution in [0, 0.1) is 6.07 Å². The van der Waals surface area contributed by atoms with Gasteiger partial charge >= 0.3 is 22.2 Å². The maximum Gasteiger partial charge on any atom is 0.560 e. The topological polar surface area (TPSA) is 0 Å². The number of alkyl halides is 3. The predicted octanol–water partition coefficient (Wildman–Crippen LogP) is 3.82. The molecule has 0 nitrogen and oxygen atoms in total. The molecular weight excluding hydrogens is 325 g/mol. The van der Waals surface area contributed by atoms with E-state index in [1.165, 1.54) is 12.1 Å².